The third-order valence-corrected chi connectivity index (χ3v) is 7.19. The van der Waals surface area contributed by atoms with Crippen LogP contribution in [0.1, 0.15) is 67.8 Å². The number of carboxylic acids is 1. The number of aryl methyl sites for hydroxylation is 2. The van der Waals surface area contributed by atoms with Gasteiger partial charge < -0.3 is 14.6 Å². The molecule has 0 fully saturated rings. The SMILES string of the molecule is CCC[C@](C)(Oc1ccc(OC(CC)c2sc(-c3ccc(C(F)(F)F)cc3)nc2C)cc1C)C(=O)O. The molecule has 1 aromatic heterocycles. The van der Waals surface area contributed by atoms with Gasteiger partial charge in [-0.2, -0.15) is 13.2 Å². The molecule has 0 amide bonds. The first kappa shape index (κ1) is 27.5. The number of halogens is 3. The van der Waals surface area contributed by atoms with Crippen LogP contribution >= 0.6 is 11.3 Å². The highest BCUT2D eigenvalue weighted by atomic mass is 32.1. The molecule has 3 rings (SSSR count). The quantitative estimate of drug-likeness (QED) is 0.293. The number of hydrogen-bond donors (Lipinski definition) is 1. The maximum absolute atomic E-state index is 12.9. The first-order valence-corrected chi connectivity index (χ1v) is 12.5. The van der Waals surface area contributed by atoms with Crippen LogP contribution in [-0.4, -0.2) is 21.7 Å². The Morgan fingerprint density at radius 2 is 1.78 bits per heavy atom. The van der Waals surface area contributed by atoms with E-state index in [0.717, 1.165) is 28.3 Å². The molecule has 0 saturated carbocycles. The average molecular weight is 522 g/mol. The molecule has 0 spiro atoms. The predicted octanol–water partition coefficient (Wildman–Crippen LogP) is 8.00. The predicted molar refractivity (Wildman–Crippen MR) is 134 cm³/mol. The fourth-order valence-electron chi connectivity index (χ4n) is 3.85. The molecule has 5 nitrogen and oxygen atoms in total. The largest absolute Gasteiger partial charge is 0.485 e. The smallest absolute Gasteiger partial charge is 0.416 e. The molecule has 0 aliphatic carbocycles. The number of ether oxygens (including phenoxy) is 2. The van der Waals surface area contributed by atoms with Crippen LogP contribution < -0.4 is 9.47 Å². The van der Waals surface area contributed by atoms with Gasteiger partial charge in [-0.25, -0.2) is 9.78 Å². The van der Waals surface area contributed by atoms with Crippen molar-refractivity contribution in [2.24, 2.45) is 0 Å². The van der Waals surface area contributed by atoms with Crippen molar-refractivity contribution in [3.8, 4) is 22.1 Å². The summed E-state index contributed by atoms with van der Waals surface area (Å²) in [7, 11) is 0. The van der Waals surface area contributed by atoms with E-state index in [1.165, 1.54) is 23.5 Å². The summed E-state index contributed by atoms with van der Waals surface area (Å²) in [5, 5.41) is 10.2. The Kier molecular flexibility index (Phi) is 8.33. The first-order chi connectivity index (χ1) is 16.9. The summed E-state index contributed by atoms with van der Waals surface area (Å²) in [4.78, 5) is 17.2. The van der Waals surface area contributed by atoms with Crippen LogP contribution in [0.25, 0.3) is 10.6 Å². The lowest BCUT2D eigenvalue weighted by molar-refractivity contribution is -0.154. The van der Waals surface area contributed by atoms with Crippen LogP contribution in [-0.2, 0) is 11.0 Å². The number of aliphatic carboxylic acids is 1. The molecule has 0 bridgehead atoms. The normalized spacial score (nSPS) is 14.2. The second-order valence-electron chi connectivity index (χ2n) is 8.87. The second-order valence-corrected chi connectivity index (χ2v) is 9.90. The number of hydrogen-bond acceptors (Lipinski definition) is 5. The molecule has 194 valence electrons. The van der Waals surface area contributed by atoms with E-state index in [9.17, 15) is 23.1 Å². The summed E-state index contributed by atoms with van der Waals surface area (Å²) in [6, 6.07) is 10.2. The standard InChI is InChI=1S/C27H30F3NO4S/c1-6-14-26(5,25(32)33)35-22-13-12-20(15-16(22)3)34-21(7-2)23-17(4)31-24(36-23)18-8-10-19(11-9-18)27(28,29)30/h8-13,15,21H,6-7,14H2,1-5H3,(H,32,33)/t21?,26-/m0/s1. The highest BCUT2D eigenvalue weighted by molar-refractivity contribution is 7.15. The summed E-state index contributed by atoms with van der Waals surface area (Å²) in [5.74, 6) is 0.0649. The van der Waals surface area contributed by atoms with E-state index >= 15 is 0 Å². The Balaban J connectivity index is 1.80. The molecular weight excluding hydrogens is 491 g/mol. The van der Waals surface area contributed by atoms with Crippen molar-refractivity contribution in [3.63, 3.8) is 0 Å². The minimum atomic E-state index is -4.38. The molecule has 1 heterocycles. The Morgan fingerprint density at radius 1 is 1.11 bits per heavy atom. The van der Waals surface area contributed by atoms with Crippen LogP contribution in [0.5, 0.6) is 11.5 Å². The van der Waals surface area contributed by atoms with Crippen LogP contribution in [0, 0.1) is 13.8 Å². The zero-order valence-electron chi connectivity index (χ0n) is 20.9. The van der Waals surface area contributed by atoms with Crippen LogP contribution in [0.4, 0.5) is 13.2 Å². The molecule has 9 heteroatoms. The van der Waals surface area contributed by atoms with Crippen molar-refractivity contribution in [2.45, 2.75) is 71.8 Å². The van der Waals surface area contributed by atoms with Crippen LogP contribution in [0.15, 0.2) is 42.5 Å². The molecule has 0 saturated heterocycles. The van der Waals surface area contributed by atoms with Crippen molar-refractivity contribution in [1.82, 2.24) is 4.98 Å². The summed E-state index contributed by atoms with van der Waals surface area (Å²) in [5.41, 5.74) is 0.105. The minimum Gasteiger partial charge on any atom is -0.485 e. The van der Waals surface area contributed by atoms with Crippen molar-refractivity contribution in [2.75, 3.05) is 0 Å². The first-order valence-electron chi connectivity index (χ1n) is 11.7. The lowest BCUT2D eigenvalue weighted by Gasteiger charge is -2.27. The maximum atomic E-state index is 12.9. The number of carboxylic acid groups (broad SMARTS) is 1. The number of nitrogens with zero attached hydrogens (tertiary/aromatic N) is 1. The number of alkyl halides is 3. The zero-order chi connectivity index (χ0) is 26.7. The minimum absolute atomic E-state index is 0.304. The van der Waals surface area contributed by atoms with Crippen LogP contribution in [0.2, 0.25) is 0 Å². The highest BCUT2D eigenvalue weighted by Gasteiger charge is 2.35. The molecule has 1 N–H and O–H groups in total. The third-order valence-electron chi connectivity index (χ3n) is 5.89. The summed E-state index contributed by atoms with van der Waals surface area (Å²) in [6.45, 7) is 9.14. The molecule has 2 aromatic carbocycles. The second kappa shape index (κ2) is 10.9. The maximum Gasteiger partial charge on any atom is 0.416 e. The fraction of sp³-hybridized carbons (Fsp3) is 0.407. The van der Waals surface area contributed by atoms with Crippen molar-refractivity contribution < 1.29 is 32.5 Å². The summed E-state index contributed by atoms with van der Waals surface area (Å²) >= 11 is 1.39. The molecule has 0 aliphatic rings. The zero-order valence-corrected chi connectivity index (χ0v) is 21.7. The van der Waals surface area contributed by atoms with Crippen molar-refractivity contribution in [1.29, 1.82) is 0 Å². The van der Waals surface area contributed by atoms with E-state index in [0.29, 0.717) is 41.3 Å². The van der Waals surface area contributed by atoms with Gasteiger partial charge in [0.1, 0.15) is 22.6 Å². The molecule has 2 atom stereocenters. The van der Waals surface area contributed by atoms with E-state index in [2.05, 4.69) is 4.98 Å². The van der Waals surface area contributed by atoms with E-state index in [1.807, 2.05) is 27.7 Å². The van der Waals surface area contributed by atoms with E-state index in [-0.39, 0.29) is 6.10 Å². The third kappa shape index (κ3) is 6.19. The van der Waals surface area contributed by atoms with Crippen LogP contribution in [0.3, 0.4) is 0 Å². The average Bonchev–Trinajstić information content (AvgIpc) is 3.20. The number of rotatable bonds is 10. The van der Waals surface area contributed by atoms with Gasteiger partial charge in [-0.3, -0.25) is 0 Å². The Bertz CT molecular complexity index is 1210. The molecule has 36 heavy (non-hydrogen) atoms. The number of thiazole rings is 1. The van der Waals surface area contributed by atoms with E-state index < -0.39 is 23.3 Å². The Labute approximate surface area is 212 Å². The van der Waals surface area contributed by atoms with Gasteiger partial charge in [0.25, 0.3) is 0 Å². The Morgan fingerprint density at radius 3 is 2.31 bits per heavy atom. The van der Waals surface area contributed by atoms with Gasteiger partial charge in [0.05, 0.1) is 16.1 Å². The van der Waals surface area contributed by atoms with Gasteiger partial charge in [0.2, 0.25) is 5.60 Å². The molecule has 0 radical (unpaired) electrons. The van der Waals surface area contributed by atoms with E-state index in [4.69, 9.17) is 9.47 Å². The molecule has 3 aromatic rings. The topological polar surface area (TPSA) is 68.7 Å². The van der Waals surface area contributed by atoms with Gasteiger partial charge in [-0.15, -0.1) is 11.3 Å². The Hall–Kier alpha value is -3.07. The molecular formula is C27H30F3NO4S. The lowest BCUT2D eigenvalue weighted by atomic mass is 10.0. The monoisotopic (exact) mass is 521 g/mol. The van der Waals surface area contributed by atoms with Gasteiger partial charge in [-0.1, -0.05) is 32.4 Å². The van der Waals surface area contributed by atoms with Gasteiger partial charge in [-0.05, 0) is 69.5 Å². The fourth-order valence-corrected chi connectivity index (χ4v) is 5.03. The highest BCUT2D eigenvalue weighted by Crippen LogP contribution is 2.38. The van der Waals surface area contributed by atoms with E-state index in [1.54, 1.807) is 25.1 Å². The number of benzene rings is 2. The molecule has 1 unspecified atom stereocenters. The lowest BCUT2D eigenvalue weighted by Crippen LogP contribution is -2.41. The van der Waals surface area contributed by atoms with Gasteiger partial charge in [0.15, 0.2) is 0 Å². The van der Waals surface area contributed by atoms with Gasteiger partial charge >= 0.3 is 12.1 Å². The number of carbonyl (C=O) groups is 1. The van der Waals surface area contributed by atoms with Gasteiger partial charge in [0, 0.05) is 5.56 Å². The van der Waals surface area contributed by atoms with Crippen molar-refractivity contribution in [3.05, 3.63) is 64.2 Å². The summed E-state index contributed by atoms with van der Waals surface area (Å²) in [6.07, 6.45) is -2.99. The summed E-state index contributed by atoms with van der Waals surface area (Å²) < 4.78 is 50.8. The number of aromatic nitrogens is 1. The molecule has 0 aliphatic heterocycles. The van der Waals surface area contributed by atoms with Crippen molar-refractivity contribution >= 4 is 17.3 Å².